The molecule has 72 valence electrons. The van der Waals surface area contributed by atoms with Crippen LogP contribution < -0.4 is 5.73 Å². The minimum Gasteiger partial charge on any atom is -0.366 e. The molecule has 1 fully saturated rings. The molecule has 0 aromatic heterocycles. The van der Waals surface area contributed by atoms with Gasteiger partial charge in [0.25, 0.3) is 0 Å². The summed E-state index contributed by atoms with van der Waals surface area (Å²) in [7, 11) is 0. The molecule has 0 spiro atoms. The van der Waals surface area contributed by atoms with E-state index >= 15 is 0 Å². The number of terminal acetylenes is 1. The average molecular weight is 181 g/mol. The smallest absolute Gasteiger partial charge is 0.162 e. The van der Waals surface area contributed by atoms with Crippen molar-refractivity contribution in [3.05, 3.63) is 0 Å². The lowest BCUT2D eigenvalue weighted by Gasteiger charge is -2.10. The Morgan fingerprint density at radius 3 is 2.92 bits per heavy atom. The first-order valence-electron chi connectivity index (χ1n) is 4.59. The SMILES string of the molecule is C#CCCC(=O)C1CCC(CN)O1. The molecule has 0 aromatic rings. The maximum absolute atomic E-state index is 11.4. The van der Waals surface area contributed by atoms with E-state index in [4.69, 9.17) is 16.9 Å². The number of ether oxygens (including phenoxy) is 1. The van der Waals surface area contributed by atoms with Gasteiger partial charge in [-0.3, -0.25) is 4.79 Å². The molecule has 13 heavy (non-hydrogen) atoms. The molecule has 1 rings (SSSR count). The fourth-order valence-electron chi connectivity index (χ4n) is 1.47. The highest BCUT2D eigenvalue weighted by molar-refractivity contribution is 5.83. The van der Waals surface area contributed by atoms with E-state index in [2.05, 4.69) is 5.92 Å². The van der Waals surface area contributed by atoms with Crippen LogP contribution in [0.2, 0.25) is 0 Å². The van der Waals surface area contributed by atoms with Gasteiger partial charge in [0.15, 0.2) is 5.78 Å². The first kappa shape index (κ1) is 10.2. The molecule has 0 aromatic carbocycles. The molecule has 1 saturated heterocycles. The molecule has 0 saturated carbocycles. The van der Waals surface area contributed by atoms with Gasteiger partial charge in [-0.2, -0.15) is 0 Å². The van der Waals surface area contributed by atoms with Gasteiger partial charge >= 0.3 is 0 Å². The second-order valence-corrected chi connectivity index (χ2v) is 3.23. The molecule has 2 atom stereocenters. The van der Waals surface area contributed by atoms with Crippen molar-refractivity contribution in [2.45, 2.75) is 37.9 Å². The Hall–Kier alpha value is -0.850. The molecule has 3 nitrogen and oxygen atoms in total. The van der Waals surface area contributed by atoms with Crippen LogP contribution >= 0.6 is 0 Å². The number of nitrogens with two attached hydrogens (primary N) is 1. The molecule has 2 unspecified atom stereocenters. The topological polar surface area (TPSA) is 52.3 Å². The Morgan fingerprint density at radius 1 is 1.62 bits per heavy atom. The normalized spacial score (nSPS) is 27.1. The summed E-state index contributed by atoms with van der Waals surface area (Å²) in [5, 5.41) is 0. The second kappa shape index (κ2) is 5.00. The van der Waals surface area contributed by atoms with E-state index < -0.39 is 0 Å². The summed E-state index contributed by atoms with van der Waals surface area (Å²) in [6.07, 6.45) is 7.51. The number of ketones is 1. The standard InChI is InChI=1S/C10H15NO2/c1-2-3-4-9(12)10-6-5-8(7-11)13-10/h1,8,10H,3-7,11H2. The lowest BCUT2D eigenvalue weighted by molar-refractivity contribution is -0.129. The van der Waals surface area contributed by atoms with E-state index in [9.17, 15) is 4.79 Å². The number of hydrogen-bond acceptors (Lipinski definition) is 3. The van der Waals surface area contributed by atoms with E-state index in [1.54, 1.807) is 0 Å². The van der Waals surface area contributed by atoms with Crippen molar-refractivity contribution in [1.82, 2.24) is 0 Å². The molecule has 0 aliphatic carbocycles. The summed E-state index contributed by atoms with van der Waals surface area (Å²) < 4.78 is 5.43. The van der Waals surface area contributed by atoms with Gasteiger partial charge in [-0.15, -0.1) is 12.3 Å². The average Bonchev–Trinajstić information content (AvgIpc) is 2.62. The summed E-state index contributed by atoms with van der Waals surface area (Å²) in [6.45, 7) is 0.499. The third-order valence-corrected chi connectivity index (χ3v) is 2.25. The zero-order chi connectivity index (χ0) is 9.68. The maximum atomic E-state index is 11.4. The molecule has 0 radical (unpaired) electrons. The Kier molecular flexibility index (Phi) is 3.94. The summed E-state index contributed by atoms with van der Waals surface area (Å²) >= 11 is 0. The minimum atomic E-state index is -0.248. The molecule has 1 aliphatic heterocycles. The van der Waals surface area contributed by atoms with Crippen LogP contribution in [0, 0.1) is 12.3 Å². The number of carbonyl (C=O) groups is 1. The van der Waals surface area contributed by atoms with Gasteiger partial charge in [0.05, 0.1) is 6.10 Å². The highest BCUT2D eigenvalue weighted by Gasteiger charge is 2.28. The van der Waals surface area contributed by atoms with Crippen LogP contribution in [0.5, 0.6) is 0 Å². The van der Waals surface area contributed by atoms with E-state index in [-0.39, 0.29) is 18.0 Å². The van der Waals surface area contributed by atoms with Crippen molar-refractivity contribution in [1.29, 1.82) is 0 Å². The van der Waals surface area contributed by atoms with Gasteiger partial charge in [0.1, 0.15) is 6.10 Å². The molecular weight excluding hydrogens is 166 g/mol. The van der Waals surface area contributed by atoms with Crippen LogP contribution in [0.25, 0.3) is 0 Å². The van der Waals surface area contributed by atoms with Crippen molar-refractivity contribution in [3.8, 4) is 12.3 Å². The van der Waals surface area contributed by atoms with Crippen molar-refractivity contribution in [3.63, 3.8) is 0 Å². The predicted molar refractivity (Wildman–Crippen MR) is 50.0 cm³/mol. The van der Waals surface area contributed by atoms with Crippen molar-refractivity contribution < 1.29 is 9.53 Å². The van der Waals surface area contributed by atoms with Crippen LogP contribution in [0.4, 0.5) is 0 Å². The fourth-order valence-corrected chi connectivity index (χ4v) is 1.47. The third-order valence-electron chi connectivity index (χ3n) is 2.25. The lowest BCUT2D eigenvalue weighted by Crippen LogP contribution is -2.24. The molecular formula is C10H15NO2. The number of carbonyl (C=O) groups excluding carboxylic acids is 1. The van der Waals surface area contributed by atoms with Gasteiger partial charge in [0.2, 0.25) is 0 Å². The minimum absolute atomic E-state index is 0.0692. The summed E-state index contributed by atoms with van der Waals surface area (Å²) in [5.74, 6) is 2.57. The van der Waals surface area contributed by atoms with Gasteiger partial charge in [-0.1, -0.05) is 0 Å². The molecule has 1 aliphatic rings. The third kappa shape index (κ3) is 2.83. The molecule has 2 N–H and O–H groups in total. The highest BCUT2D eigenvalue weighted by Crippen LogP contribution is 2.20. The Bertz CT molecular complexity index is 219. The Labute approximate surface area is 78.6 Å². The van der Waals surface area contributed by atoms with E-state index in [0.29, 0.717) is 19.4 Å². The highest BCUT2D eigenvalue weighted by atomic mass is 16.5. The summed E-state index contributed by atoms with van der Waals surface area (Å²) in [6, 6.07) is 0. The Balaban J connectivity index is 2.30. The fraction of sp³-hybridized carbons (Fsp3) is 0.700. The van der Waals surface area contributed by atoms with Crippen molar-refractivity contribution in [2.75, 3.05) is 6.54 Å². The zero-order valence-electron chi connectivity index (χ0n) is 7.66. The number of rotatable bonds is 4. The van der Waals surface area contributed by atoms with Gasteiger partial charge in [0, 0.05) is 19.4 Å². The molecule has 0 bridgehead atoms. The van der Waals surface area contributed by atoms with Crippen molar-refractivity contribution in [2.24, 2.45) is 5.73 Å². The van der Waals surface area contributed by atoms with Crippen LogP contribution in [-0.2, 0) is 9.53 Å². The maximum Gasteiger partial charge on any atom is 0.162 e. The first-order valence-corrected chi connectivity index (χ1v) is 4.59. The quantitative estimate of drug-likeness (QED) is 0.642. The number of hydrogen-bond donors (Lipinski definition) is 1. The summed E-state index contributed by atoms with van der Waals surface area (Å²) in [5.41, 5.74) is 5.43. The lowest BCUT2D eigenvalue weighted by atomic mass is 10.1. The van der Waals surface area contributed by atoms with E-state index in [1.807, 2.05) is 0 Å². The largest absolute Gasteiger partial charge is 0.366 e. The van der Waals surface area contributed by atoms with Gasteiger partial charge in [-0.05, 0) is 12.8 Å². The molecule has 0 amide bonds. The first-order chi connectivity index (χ1) is 6.27. The van der Waals surface area contributed by atoms with Crippen LogP contribution in [0.3, 0.4) is 0 Å². The predicted octanol–water partition coefficient (Wildman–Crippen LogP) is 0.475. The van der Waals surface area contributed by atoms with Crippen molar-refractivity contribution >= 4 is 5.78 Å². The monoisotopic (exact) mass is 181 g/mol. The van der Waals surface area contributed by atoms with E-state index in [0.717, 1.165) is 12.8 Å². The van der Waals surface area contributed by atoms with Crippen LogP contribution in [-0.4, -0.2) is 24.5 Å². The van der Waals surface area contributed by atoms with Gasteiger partial charge < -0.3 is 10.5 Å². The van der Waals surface area contributed by atoms with Gasteiger partial charge in [-0.25, -0.2) is 0 Å². The Morgan fingerprint density at radius 2 is 2.38 bits per heavy atom. The molecule has 3 heteroatoms. The second-order valence-electron chi connectivity index (χ2n) is 3.23. The van der Waals surface area contributed by atoms with Crippen LogP contribution in [0.1, 0.15) is 25.7 Å². The molecule has 1 heterocycles. The summed E-state index contributed by atoms with van der Waals surface area (Å²) in [4.78, 5) is 11.4. The van der Waals surface area contributed by atoms with Crippen LogP contribution in [0.15, 0.2) is 0 Å². The van der Waals surface area contributed by atoms with E-state index in [1.165, 1.54) is 0 Å². The zero-order valence-corrected chi connectivity index (χ0v) is 7.66. The number of Topliss-reactive ketones (excluding diaryl/α,β-unsaturated/α-hetero) is 1.